The number of carboxylic acids is 1. The molecule has 0 radical (unpaired) electrons. The van der Waals surface area contributed by atoms with Crippen LogP contribution < -0.4 is 4.74 Å². The Hall–Kier alpha value is -4.38. The molecule has 1 N–H and O–H groups in total. The summed E-state index contributed by atoms with van der Waals surface area (Å²) in [7, 11) is 0. The highest BCUT2D eigenvalue weighted by Crippen LogP contribution is 2.44. The number of aromatic nitrogens is 4. The minimum atomic E-state index is -4.50. The maximum atomic E-state index is 13.0. The number of ether oxygens (including phenoxy) is 1. The van der Waals surface area contributed by atoms with Crippen LogP contribution in [0.15, 0.2) is 84.1 Å². The molecule has 1 aromatic carbocycles. The third-order valence-corrected chi connectivity index (χ3v) is 8.90. The van der Waals surface area contributed by atoms with Gasteiger partial charge in [-0.15, -0.1) is 11.8 Å². The predicted molar refractivity (Wildman–Crippen MR) is 178 cm³/mol. The van der Waals surface area contributed by atoms with E-state index in [2.05, 4.69) is 35.3 Å². The molecule has 0 aliphatic heterocycles. The average molecular weight is 663 g/mol. The van der Waals surface area contributed by atoms with Gasteiger partial charge in [0.1, 0.15) is 23.2 Å². The lowest BCUT2D eigenvalue weighted by Gasteiger charge is -2.24. The summed E-state index contributed by atoms with van der Waals surface area (Å²) >= 11 is 1.66. The van der Waals surface area contributed by atoms with Gasteiger partial charge in [-0.25, -0.2) is 4.98 Å². The number of aliphatic carboxylic acids is 1. The summed E-state index contributed by atoms with van der Waals surface area (Å²) in [5, 5.41) is 11.0. The standard InChI is InChI=1S/C36H37F3N4O3S/c1-22(28-9-7-8-16-40-28)46-26-17-27-31(47-34(2,3)4)29(18-35(5,6)33(44)45)43(32(27)42-20-26)21-23-10-12-24(13-11-23)25-14-15-30(41-19-25)36(37,38)39/h7-17,19-20,22H,18,21H2,1-6H3,(H,44,45). The molecule has 0 bridgehead atoms. The van der Waals surface area contributed by atoms with E-state index in [1.165, 1.54) is 12.3 Å². The summed E-state index contributed by atoms with van der Waals surface area (Å²) in [6.07, 6.45) is 0.0524. The maximum Gasteiger partial charge on any atom is 0.433 e. The van der Waals surface area contributed by atoms with E-state index in [0.717, 1.165) is 38.9 Å². The number of pyridine rings is 3. The van der Waals surface area contributed by atoms with E-state index in [0.29, 0.717) is 23.5 Å². The van der Waals surface area contributed by atoms with Gasteiger partial charge in [0.2, 0.25) is 0 Å². The molecule has 4 aromatic heterocycles. The number of carbonyl (C=O) groups is 1. The van der Waals surface area contributed by atoms with Crippen molar-refractivity contribution in [2.75, 3.05) is 0 Å². The Morgan fingerprint density at radius 1 is 0.936 bits per heavy atom. The molecule has 0 aliphatic carbocycles. The van der Waals surface area contributed by atoms with Crippen molar-refractivity contribution in [3.05, 3.63) is 102 Å². The van der Waals surface area contributed by atoms with Crippen molar-refractivity contribution in [2.45, 2.75) is 76.4 Å². The Kier molecular flexibility index (Phi) is 9.41. The second-order valence-electron chi connectivity index (χ2n) is 13.1. The third kappa shape index (κ3) is 7.96. The van der Waals surface area contributed by atoms with E-state index >= 15 is 0 Å². The fraction of sp³-hybridized carbons (Fsp3) is 0.333. The van der Waals surface area contributed by atoms with Crippen molar-refractivity contribution in [1.29, 1.82) is 0 Å². The molecule has 0 saturated heterocycles. The molecule has 0 fully saturated rings. The summed E-state index contributed by atoms with van der Waals surface area (Å²) in [4.78, 5) is 26.1. The van der Waals surface area contributed by atoms with Crippen LogP contribution in [0, 0.1) is 5.41 Å². The molecular weight excluding hydrogens is 625 g/mol. The second-order valence-corrected chi connectivity index (χ2v) is 15.0. The number of alkyl halides is 3. The van der Waals surface area contributed by atoms with Gasteiger partial charge in [-0.3, -0.25) is 14.8 Å². The van der Waals surface area contributed by atoms with Gasteiger partial charge in [-0.05, 0) is 56.2 Å². The summed E-state index contributed by atoms with van der Waals surface area (Å²) in [5.74, 6) is -0.334. The Balaban J connectivity index is 1.57. The second kappa shape index (κ2) is 13.0. The molecule has 1 unspecified atom stereocenters. The van der Waals surface area contributed by atoms with Crippen molar-refractivity contribution < 1.29 is 27.8 Å². The zero-order chi connectivity index (χ0) is 34.1. The van der Waals surface area contributed by atoms with E-state index in [1.807, 2.05) is 55.5 Å². The average Bonchev–Trinajstić information content (AvgIpc) is 3.26. The van der Waals surface area contributed by atoms with Gasteiger partial charge in [0.25, 0.3) is 0 Å². The molecule has 47 heavy (non-hydrogen) atoms. The van der Waals surface area contributed by atoms with Crippen LogP contribution in [-0.2, 0) is 23.9 Å². The number of thioether (sulfide) groups is 1. The molecule has 4 heterocycles. The van der Waals surface area contributed by atoms with E-state index in [1.54, 1.807) is 38.0 Å². The monoisotopic (exact) mass is 662 g/mol. The van der Waals surface area contributed by atoms with Gasteiger partial charge in [-0.1, -0.05) is 57.2 Å². The maximum absolute atomic E-state index is 13.0. The summed E-state index contributed by atoms with van der Waals surface area (Å²) in [6, 6.07) is 17.5. The lowest BCUT2D eigenvalue weighted by molar-refractivity contribution is -0.147. The van der Waals surface area contributed by atoms with Gasteiger partial charge in [-0.2, -0.15) is 13.2 Å². The number of fused-ring (bicyclic) bond motifs is 1. The highest BCUT2D eigenvalue weighted by atomic mass is 32.2. The molecule has 7 nitrogen and oxygen atoms in total. The van der Waals surface area contributed by atoms with Crippen LogP contribution in [0.25, 0.3) is 22.2 Å². The van der Waals surface area contributed by atoms with E-state index < -0.39 is 23.3 Å². The lowest BCUT2D eigenvalue weighted by atomic mass is 9.88. The summed E-state index contributed by atoms with van der Waals surface area (Å²) < 4.78 is 47.1. The molecule has 0 saturated carbocycles. The number of rotatable bonds is 10. The minimum Gasteiger partial charge on any atom is -0.483 e. The Morgan fingerprint density at radius 3 is 2.21 bits per heavy atom. The van der Waals surface area contributed by atoms with E-state index in [-0.39, 0.29) is 17.3 Å². The van der Waals surface area contributed by atoms with Crippen LogP contribution in [0.1, 0.15) is 70.3 Å². The predicted octanol–water partition coefficient (Wildman–Crippen LogP) is 9.24. The number of halogens is 3. The molecule has 5 rings (SSSR count). The molecule has 0 spiro atoms. The van der Waals surface area contributed by atoms with Crippen LogP contribution >= 0.6 is 11.8 Å². The van der Waals surface area contributed by atoms with Crippen LogP contribution in [0.3, 0.4) is 0 Å². The first-order valence-electron chi connectivity index (χ1n) is 15.2. The Labute approximate surface area is 276 Å². The van der Waals surface area contributed by atoms with Crippen molar-refractivity contribution in [3.8, 4) is 16.9 Å². The van der Waals surface area contributed by atoms with Gasteiger partial charge in [0.05, 0.1) is 17.3 Å². The fourth-order valence-electron chi connectivity index (χ4n) is 5.15. The summed E-state index contributed by atoms with van der Waals surface area (Å²) in [6.45, 7) is 12.1. The largest absolute Gasteiger partial charge is 0.483 e. The normalized spacial score (nSPS) is 13.1. The van der Waals surface area contributed by atoms with Gasteiger partial charge >= 0.3 is 12.1 Å². The number of hydrogen-bond donors (Lipinski definition) is 1. The highest BCUT2D eigenvalue weighted by Gasteiger charge is 2.34. The van der Waals surface area contributed by atoms with Crippen molar-refractivity contribution in [3.63, 3.8) is 0 Å². The van der Waals surface area contributed by atoms with E-state index in [9.17, 15) is 23.1 Å². The summed E-state index contributed by atoms with van der Waals surface area (Å²) in [5.41, 5.74) is 2.54. The van der Waals surface area contributed by atoms with Gasteiger partial charge in [0.15, 0.2) is 0 Å². The van der Waals surface area contributed by atoms with E-state index in [4.69, 9.17) is 9.72 Å². The number of carboxylic acid groups (broad SMARTS) is 1. The van der Waals surface area contributed by atoms with Gasteiger partial charge < -0.3 is 14.4 Å². The first-order valence-corrected chi connectivity index (χ1v) is 16.0. The molecule has 246 valence electrons. The number of nitrogens with zero attached hydrogens (tertiary/aromatic N) is 4. The number of benzene rings is 1. The SMILES string of the molecule is CC(Oc1cnc2c(c1)c(SC(C)(C)C)c(CC(C)(C)C(=O)O)n2Cc1ccc(-c2ccc(C(F)(F)F)nc2)cc1)c1ccccn1. The van der Waals surface area contributed by atoms with Crippen molar-refractivity contribution in [2.24, 2.45) is 5.41 Å². The first-order chi connectivity index (χ1) is 22.0. The van der Waals surface area contributed by atoms with Crippen molar-refractivity contribution >= 4 is 28.8 Å². The number of hydrogen-bond acceptors (Lipinski definition) is 6. The molecular formula is C36H37F3N4O3S. The molecule has 11 heteroatoms. The Bertz CT molecular complexity index is 1870. The lowest BCUT2D eigenvalue weighted by Crippen LogP contribution is -2.28. The zero-order valence-corrected chi connectivity index (χ0v) is 27.9. The van der Waals surface area contributed by atoms with Crippen LogP contribution in [0.5, 0.6) is 5.75 Å². The van der Waals surface area contributed by atoms with Crippen LogP contribution in [0.2, 0.25) is 0 Å². The third-order valence-electron chi connectivity index (χ3n) is 7.63. The first kappa shape index (κ1) is 34.0. The molecule has 0 amide bonds. The van der Waals surface area contributed by atoms with Crippen LogP contribution in [-0.4, -0.2) is 35.3 Å². The van der Waals surface area contributed by atoms with Crippen LogP contribution in [0.4, 0.5) is 13.2 Å². The Morgan fingerprint density at radius 2 is 1.64 bits per heavy atom. The molecule has 1 atom stereocenters. The quantitative estimate of drug-likeness (QED) is 0.149. The molecule has 5 aromatic rings. The topological polar surface area (TPSA) is 90.1 Å². The van der Waals surface area contributed by atoms with Gasteiger partial charge in [0, 0.05) is 51.6 Å². The fourth-order valence-corrected chi connectivity index (χ4v) is 6.32. The molecule has 0 aliphatic rings. The zero-order valence-electron chi connectivity index (χ0n) is 27.1. The minimum absolute atomic E-state index is 0.198. The van der Waals surface area contributed by atoms with Crippen molar-refractivity contribution in [1.82, 2.24) is 19.5 Å². The smallest absolute Gasteiger partial charge is 0.433 e. The highest BCUT2D eigenvalue weighted by molar-refractivity contribution is 8.00.